The molecule has 1 saturated heterocycles. The summed E-state index contributed by atoms with van der Waals surface area (Å²) >= 11 is 0. The highest BCUT2D eigenvalue weighted by atomic mass is 32.2. The van der Waals surface area contributed by atoms with Crippen molar-refractivity contribution in [3.05, 3.63) is 24.5 Å². The van der Waals surface area contributed by atoms with Crippen LogP contribution in [0, 0.1) is 0 Å². The highest BCUT2D eigenvalue weighted by Crippen LogP contribution is 2.27. The van der Waals surface area contributed by atoms with Gasteiger partial charge in [-0.15, -0.1) is 6.58 Å². The zero-order valence-electron chi connectivity index (χ0n) is 10.3. The quantitative estimate of drug-likeness (QED) is 0.801. The van der Waals surface area contributed by atoms with E-state index in [-0.39, 0.29) is 10.9 Å². The highest BCUT2D eigenvalue weighted by molar-refractivity contribution is 7.90. The molecule has 1 N–H and O–H groups in total. The Morgan fingerprint density at radius 1 is 1.72 bits per heavy atom. The molecule has 2 heterocycles. The summed E-state index contributed by atoms with van der Waals surface area (Å²) in [6.45, 7) is 6.26. The molecule has 1 aliphatic heterocycles. The van der Waals surface area contributed by atoms with E-state index in [2.05, 4.69) is 21.7 Å². The average molecular weight is 271 g/mol. The molecule has 1 atom stereocenters. The van der Waals surface area contributed by atoms with Gasteiger partial charge in [0, 0.05) is 19.3 Å². The Balaban J connectivity index is 2.34. The molecule has 18 heavy (non-hydrogen) atoms. The zero-order chi connectivity index (χ0) is 13.2. The van der Waals surface area contributed by atoms with Crippen molar-refractivity contribution in [1.82, 2.24) is 15.1 Å². The number of nitrogens with one attached hydrogen (secondary N) is 1. The molecule has 1 aliphatic rings. The normalized spacial score (nSPS) is 21.9. The Morgan fingerprint density at radius 2 is 2.50 bits per heavy atom. The molecule has 0 aromatic carbocycles. The Bertz CT molecular complexity index is 523. The molecular formula is C11H17N3O3S. The molecule has 0 saturated carbocycles. The molecule has 1 fully saturated rings. The second-order valence-corrected chi connectivity index (χ2v) is 6.28. The van der Waals surface area contributed by atoms with Gasteiger partial charge in [-0.1, -0.05) is 6.08 Å². The lowest BCUT2D eigenvalue weighted by Gasteiger charge is -2.34. The van der Waals surface area contributed by atoms with Crippen LogP contribution in [0.1, 0.15) is 11.7 Å². The second-order valence-electron chi connectivity index (χ2n) is 4.29. The molecule has 1 aromatic rings. The second kappa shape index (κ2) is 5.21. The minimum absolute atomic E-state index is 0.121. The zero-order valence-corrected chi connectivity index (χ0v) is 11.1. The van der Waals surface area contributed by atoms with Gasteiger partial charge in [-0.05, 0) is 0 Å². The Morgan fingerprint density at radius 3 is 3.17 bits per heavy atom. The van der Waals surface area contributed by atoms with E-state index in [0.29, 0.717) is 25.5 Å². The van der Waals surface area contributed by atoms with E-state index < -0.39 is 9.84 Å². The van der Waals surface area contributed by atoms with Crippen LogP contribution in [-0.4, -0.2) is 56.1 Å². The van der Waals surface area contributed by atoms with Gasteiger partial charge in [-0.25, -0.2) is 8.42 Å². The van der Waals surface area contributed by atoms with Gasteiger partial charge in [0.25, 0.3) is 0 Å². The molecular weight excluding hydrogens is 254 g/mol. The van der Waals surface area contributed by atoms with Crippen molar-refractivity contribution in [3.8, 4) is 0 Å². The van der Waals surface area contributed by atoms with Crippen LogP contribution in [0.2, 0.25) is 0 Å². The van der Waals surface area contributed by atoms with Crippen LogP contribution < -0.4 is 0 Å². The lowest BCUT2D eigenvalue weighted by Crippen LogP contribution is -2.40. The fourth-order valence-electron chi connectivity index (χ4n) is 2.11. The van der Waals surface area contributed by atoms with Crippen LogP contribution in [0.15, 0.2) is 23.7 Å². The fraction of sp³-hybridized carbons (Fsp3) is 0.545. The van der Waals surface area contributed by atoms with E-state index in [4.69, 9.17) is 4.74 Å². The fourth-order valence-corrected chi connectivity index (χ4v) is 2.93. The number of sulfone groups is 1. The first kappa shape index (κ1) is 13.3. The first-order valence-corrected chi connectivity index (χ1v) is 7.59. The third kappa shape index (κ3) is 2.63. The maximum atomic E-state index is 11.7. The molecule has 6 nitrogen and oxygen atoms in total. The van der Waals surface area contributed by atoms with E-state index >= 15 is 0 Å². The van der Waals surface area contributed by atoms with E-state index in [9.17, 15) is 8.42 Å². The molecule has 1 aromatic heterocycles. The van der Waals surface area contributed by atoms with Crippen LogP contribution in [0.25, 0.3) is 0 Å². The van der Waals surface area contributed by atoms with Crippen LogP contribution in [0.4, 0.5) is 0 Å². The predicted octanol–water partition coefficient (Wildman–Crippen LogP) is 0.373. The number of hydrogen-bond donors (Lipinski definition) is 1. The third-order valence-electron chi connectivity index (χ3n) is 2.97. The molecule has 0 spiro atoms. The minimum Gasteiger partial charge on any atom is -0.378 e. The summed E-state index contributed by atoms with van der Waals surface area (Å²) in [5.74, 6) is 0. The summed E-state index contributed by atoms with van der Waals surface area (Å²) in [4.78, 5) is 2.37. The van der Waals surface area contributed by atoms with Gasteiger partial charge in [0.1, 0.15) is 4.90 Å². The molecule has 0 unspecified atom stereocenters. The summed E-state index contributed by atoms with van der Waals surface area (Å²) in [5, 5.41) is 6.63. The lowest BCUT2D eigenvalue weighted by molar-refractivity contribution is -0.00508. The highest BCUT2D eigenvalue weighted by Gasteiger charge is 2.29. The van der Waals surface area contributed by atoms with E-state index in [1.165, 1.54) is 12.5 Å². The number of aromatic nitrogens is 2. The Labute approximate surface area is 107 Å². The summed E-state index contributed by atoms with van der Waals surface area (Å²) in [5.41, 5.74) is 0.596. The van der Waals surface area contributed by atoms with Gasteiger partial charge in [-0.3, -0.25) is 10.00 Å². The average Bonchev–Trinajstić information content (AvgIpc) is 2.78. The van der Waals surface area contributed by atoms with E-state index in [1.807, 2.05) is 0 Å². The molecule has 0 amide bonds. The summed E-state index contributed by atoms with van der Waals surface area (Å²) < 4.78 is 28.8. The molecule has 7 heteroatoms. The summed E-state index contributed by atoms with van der Waals surface area (Å²) in [7, 11) is -3.28. The number of nitrogens with zero attached hydrogens (tertiary/aromatic N) is 2. The van der Waals surface area contributed by atoms with Gasteiger partial charge in [0.05, 0.1) is 31.1 Å². The first-order valence-electron chi connectivity index (χ1n) is 5.70. The van der Waals surface area contributed by atoms with Crippen molar-refractivity contribution >= 4 is 9.84 Å². The van der Waals surface area contributed by atoms with Gasteiger partial charge >= 0.3 is 0 Å². The number of rotatable bonds is 4. The number of ether oxygens (including phenoxy) is 1. The molecule has 0 radical (unpaired) electrons. The van der Waals surface area contributed by atoms with Crippen LogP contribution in [-0.2, 0) is 14.6 Å². The van der Waals surface area contributed by atoms with Gasteiger partial charge in [0.2, 0.25) is 0 Å². The first-order chi connectivity index (χ1) is 8.54. The van der Waals surface area contributed by atoms with Crippen LogP contribution in [0.3, 0.4) is 0 Å². The SMILES string of the molecule is C=CCN1CCOC[C@H]1c1[nH]ncc1S(C)(=O)=O. The Kier molecular flexibility index (Phi) is 3.84. The topological polar surface area (TPSA) is 75.3 Å². The summed E-state index contributed by atoms with van der Waals surface area (Å²) in [6, 6.07) is -0.121. The number of H-pyrrole nitrogens is 1. The van der Waals surface area contributed by atoms with Crippen molar-refractivity contribution in [2.45, 2.75) is 10.9 Å². The lowest BCUT2D eigenvalue weighted by atomic mass is 10.1. The van der Waals surface area contributed by atoms with E-state index in [1.54, 1.807) is 6.08 Å². The maximum absolute atomic E-state index is 11.7. The monoisotopic (exact) mass is 271 g/mol. The van der Waals surface area contributed by atoms with Crippen LogP contribution >= 0.6 is 0 Å². The molecule has 0 aliphatic carbocycles. The number of morpholine rings is 1. The maximum Gasteiger partial charge on any atom is 0.178 e. The number of hydrogen-bond acceptors (Lipinski definition) is 5. The van der Waals surface area contributed by atoms with Gasteiger partial charge in [-0.2, -0.15) is 5.10 Å². The van der Waals surface area contributed by atoms with Crippen LogP contribution in [0.5, 0.6) is 0 Å². The minimum atomic E-state index is -3.28. The van der Waals surface area contributed by atoms with Crippen molar-refractivity contribution in [2.75, 3.05) is 32.6 Å². The molecule has 2 rings (SSSR count). The van der Waals surface area contributed by atoms with E-state index in [0.717, 1.165) is 6.54 Å². The van der Waals surface area contributed by atoms with Crippen molar-refractivity contribution < 1.29 is 13.2 Å². The third-order valence-corrected chi connectivity index (χ3v) is 4.09. The van der Waals surface area contributed by atoms with Crippen molar-refractivity contribution in [3.63, 3.8) is 0 Å². The van der Waals surface area contributed by atoms with Crippen molar-refractivity contribution in [1.29, 1.82) is 0 Å². The van der Waals surface area contributed by atoms with Gasteiger partial charge < -0.3 is 4.74 Å². The molecule has 100 valence electrons. The summed E-state index contributed by atoms with van der Waals surface area (Å²) in [6.07, 6.45) is 4.34. The Hall–Kier alpha value is -1.18. The molecule has 0 bridgehead atoms. The van der Waals surface area contributed by atoms with Gasteiger partial charge in [0.15, 0.2) is 9.84 Å². The smallest absolute Gasteiger partial charge is 0.178 e. The largest absolute Gasteiger partial charge is 0.378 e. The predicted molar refractivity (Wildman–Crippen MR) is 67.0 cm³/mol. The van der Waals surface area contributed by atoms with Crippen molar-refractivity contribution in [2.24, 2.45) is 0 Å². The standard InChI is InChI=1S/C11H17N3O3S/c1-3-4-14-5-6-17-8-9(14)11-10(7-12-13-11)18(2,15)16/h3,7,9H,1,4-6,8H2,2H3,(H,12,13)/t9-/m0/s1. The number of aromatic amines is 1.